The highest BCUT2D eigenvalue weighted by atomic mass is 16.6. The minimum atomic E-state index is -0.546. The van der Waals surface area contributed by atoms with E-state index in [0.29, 0.717) is 6.54 Å². The van der Waals surface area contributed by atoms with Gasteiger partial charge >= 0.3 is 6.09 Å². The lowest BCUT2D eigenvalue weighted by atomic mass is 9.98. The van der Waals surface area contributed by atoms with E-state index < -0.39 is 5.60 Å². The van der Waals surface area contributed by atoms with Crippen LogP contribution in [0.2, 0.25) is 0 Å². The summed E-state index contributed by atoms with van der Waals surface area (Å²) >= 11 is 0. The van der Waals surface area contributed by atoms with Crippen molar-refractivity contribution in [3.05, 3.63) is 29.3 Å². The first-order valence-electron chi connectivity index (χ1n) is 7.52. The van der Waals surface area contributed by atoms with Gasteiger partial charge in [0.05, 0.1) is 11.9 Å². The van der Waals surface area contributed by atoms with Gasteiger partial charge in [0.25, 0.3) is 0 Å². The molecule has 0 fully saturated rings. The Kier molecular flexibility index (Phi) is 4.88. The van der Waals surface area contributed by atoms with E-state index in [-0.39, 0.29) is 12.1 Å². The fourth-order valence-electron chi connectivity index (χ4n) is 2.44. The van der Waals surface area contributed by atoms with Crippen molar-refractivity contribution in [3.8, 4) is 0 Å². The molecule has 1 heterocycles. The van der Waals surface area contributed by atoms with Crippen molar-refractivity contribution in [2.45, 2.75) is 39.2 Å². The highest BCUT2D eigenvalue weighted by molar-refractivity contribution is 5.98. The van der Waals surface area contributed by atoms with Crippen molar-refractivity contribution in [2.24, 2.45) is 21.7 Å². The van der Waals surface area contributed by atoms with E-state index in [2.05, 4.69) is 10.2 Å². The summed E-state index contributed by atoms with van der Waals surface area (Å²) in [5.74, 6) is -0.116. The number of guanidine groups is 1. The summed E-state index contributed by atoms with van der Waals surface area (Å²) in [6.45, 7) is 6.15. The molecule has 0 saturated carbocycles. The molecule has 1 aromatic rings. The van der Waals surface area contributed by atoms with Crippen LogP contribution in [-0.4, -0.2) is 30.4 Å². The largest absolute Gasteiger partial charge is 0.443 e. The topological polar surface area (TPSA) is 106 Å². The van der Waals surface area contributed by atoms with Crippen molar-refractivity contribution >= 4 is 24.0 Å². The van der Waals surface area contributed by atoms with Gasteiger partial charge in [-0.15, -0.1) is 5.10 Å². The number of hydrogen-bond donors (Lipinski definition) is 2. The van der Waals surface area contributed by atoms with E-state index in [1.807, 2.05) is 39.0 Å². The lowest BCUT2D eigenvalue weighted by molar-refractivity contribution is 0.0578. The van der Waals surface area contributed by atoms with Crippen LogP contribution in [0.3, 0.4) is 0 Å². The molecule has 23 heavy (non-hydrogen) atoms. The maximum atomic E-state index is 12.5. The van der Waals surface area contributed by atoms with E-state index in [0.717, 1.165) is 29.7 Å². The number of fused-ring (bicyclic) bond motifs is 1. The van der Waals surface area contributed by atoms with Crippen LogP contribution in [0.25, 0.3) is 0 Å². The summed E-state index contributed by atoms with van der Waals surface area (Å²) in [7, 11) is 0. The van der Waals surface area contributed by atoms with Crippen LogP contribution < -0.4 is 16.4 Å². The fourth-order valence-corrected chi connectivity index (χ4v) is 2.44. The zero-order valence-electron chi connectivity index (χ0n) is 13.7. The normalized spacial score (nSPS) is 14.5. The quantitative estimate of drug-likeness (QED) is 0.494. The average Bonchev–Trinajstić information content (AvgIpc) is 2.44. The molecular weight excluding hydrogens is 294 g/mol. The second-order valence-electron chi connectivity index (χ2n) is 6.36. The van der Waals surface area contributed by atoms with Gasteiger partial charge in [0.15, 0.2) is 0 Å². The highest BCUT2D eigenvalue weighted by Crippen LogP contribution is 2.31. The summed E-state index contributed by atoms with van der Waals surface area (Å²) in [6, 6.07) is 5.80. The first-order valence-corrected chi connectivity index (χ1v) is 7.52. The van der Waals surface area contributed by atoms with Gasteiger partial charge in [-0.2, -0.15) is 5.10 Å². The summed E-state index contributed by atoms with van der Waals surface area (Å²) < 4.78 is 5.51. The van der Waals surface area contributed by atoms with Gasteiger partial charge in [-0.05, 0) is 39.2 Å². The predicted molar refractivity (Wildman–Crippen MR) is 91.7 cm³/mol. The molecule has 2 rings (SSSR count). The van der Waals surface area contributed by atoms with E-state index in [4.69, 9.17) is 16.2 Å². The Balaban J connectivity index is 2.37. The maximum absolute atomic E-state index is 12.5. The molecule has 0 spiro atoms. The Morgan fingerprint density at radius 3 is 2.74 bits per heavy atom. The third-order valence-corrected chi connectivity index (χ3v) is 3.23. The molecule has 1 aromatic carbocycles. The molecule has 0 bridgehead atoms. The van der Waals surface area contributed by atoms with Gasteiger partial charge in [-0.1, -0.05) is 18.2 Å². The molecule has 1 amide bonds. The Morgan fingerprint density at radius 2 is 2.09 bits per heavy atom. The van der Waals surface area contributed by atoms with Crippen molar-refractivity contribution in [1.29, 1.82) is 0 Å². The van der Waals surface area contributed by atoms with Crippen molar-refractivity contribution in [3.63, 3.8) is 0 Å². The summed E-state index contributed by atoms with van der Waals surface area (Å²) in [6.07, 6.45) is 2.97. The molecule has 0 atom stereocenters. The summed E-state index contributed by atoms with van der Waals surface area (Å²) in [5, 5.41) is 7.46. The molecule has 0 radical (unpaired) electrons. The Morgan fingerprint density at radius 1 is 1.35 bits per heavy atom. The van der Waals surface area contributed by atoms with Crippen molar-refractivity contribution < 1.29 is 9.53 Å². The van der Waals surface area contributed by atoms with E-state index >= 15 is 0 Å². The summed E-state index contributed by atoms with van der Waals surface area (Å²) in [5.41, 5.74) is 12.7. The van der Waals surface area contributed by atoms with Crippen LogP contribution in [0.5, 0.6) is 0 Å². The van der Waals surface area contributed by atoms with E-state index in [1.165, 1.54) is 0 Å². The fraction of sp³-hybridized carbons (Fsp3) is 0.438. The van der Waals surface area contributed by atoms with Crippen molar-refractivity contribution in [2.75, 3.05) is 11.4 Å². The number of aryl methyl sites for hydroxylation is 1. The van der Waals surface area contributed by atoms with Crippen LogP contribution in [0.1, 0.15) is 38.3 Å². The van der Waals surface area contributed by atoms with Crippen LogP contribution in [0, 0.1) is 0 Å². The predicted octanol–water partition coefficient (Wildman–Crippen LogP) is 1.98. The molecule has 0 aromatic heterocycles. The number of nitrogens with zero attached hydrogens (tertiary/aromatic N) is 3. The number of ether oxygens (including phenoxy) is 1. The molecular formula is C16H23N5O2. The van der Waals surface area contributed by atoms with E-state index in [9.17, 15) is 4.79 Å². The maximum Gasteiger partial charge on any atom is 0.414 e. The molecule has 7 heteroatoms. The number of para-hydroxylation sites is 1. The van der Waals surface area contributed by atoms with Crippen molar-refractivity contribution in [1.82, 2.24) is 0 Å². The number of carbonyl (C=O) groups is 1. The second-order valence-corrected chi connectivity index (χ2v) is 6.36. The minimum absolute atomic E-state index is 0.116. The third kappa shape index (κ3) is 4.45. The number of benzene rings is 1. The van der Waals surface area contributed by atoms with Gasteiger partial charge in [-0.3, -0.25) is 4.90 Å². The third-order valence-electron chi connectivity index (χ3n) is 3.23. The monoisotopic (exact) mass is 317 g/mol. The SMILES string of the molecule is CC(C)(C)OC(=O)N1CCCc2cccc(C=NN=C(N)N)c21. The van der Waals surface area contributed by atoms with Crippen LogP contribution >= 0.6 is 0 Å². The molecule has 7 nitrogen and oxygen atoms in total. The van der Waals surface area contributed by atoms with E-state index in [1.54, 1.807) is 11.1 Å². The zero-order valence-corrected chi connectivity index (χ0v) is 13.7. The van der Waals surface area contributed by atoms with Gasteiger partial charge in [0, 0.05) is 12.1 Å². The van der Waals surface area contributed by atoms with Crippen LogP contribution in [0.4, 0.5) is 10.5 Å². The standard InChI is InChI=1S/C16H23N5O2/c1-16(2,3)23-15(22)21-9-5-8-11-6-4-7-12(13(11)21)10-19-20-14(17)18/h4,6-7,10H,5,8-9H2,1-3H3,(H4,17,18,20). The van der Waals surface area contributed by atoms with Gasteiger partial charge in [0.1, 0.15) is 5.60 Å². The molecule has 4 N–H and O–H groups in total. The van der Waals surface area contributed by atoms with Gasteiger partial charge in [-0.25, -0.2) is 4.79 Å². The first-order chi connectivity index (χ1) is 10.8. The minimum Gasteiger partial charge on any atom is -0.443 e. The number of nitrogens with two attached hydrogens (primary N) is 2. The second kappa shape index (κ2) is 6.68. The van der Waals surface area contributed by atoms with Gasteiger partial charge in [0.2, 0.25) is 5.96 Å². The Labute approximate surface area is 136 Å². The number of anilines is 1. The lowest BCUT2D eigenvalue weighted by Gasteiger charge is -2.32. The van der Waals surface area contributed by atoms with Crippen LogP contribution in [-0.2, 0) is 11.2 Å². The number of amides is 1. The highest BCUT2D eigenvalue weighted by Gasteiger charge is 2.28. The first kappa shape index (κ1) is 16.8. The molecule has 0 aliphatic carbocycles. The molecule has 0 saturated heterocycles. The average molecular weight is 317 g/mol. The van der Waals surface area contributed by atoms with Crippen LogP contribution in [0.15, 0.2) is 28.4 Å². The molecule has 0 unspecified atom stereocenters. The lowest BCUT2D eigenvalue weighted by Crippen LogP contribution is -2.40. The molecule has 124 valence electrons. The number of carbonyl (C=O) groups excluding carboxylic acids is 1. The Hall–Kier alpha value is -2.57. The van der Waals surface area contributed by atoms with Gasteiger partial charge < -0.3 is 16.2 Å². The number of hydrogen-bond acceptors (Lipinski definition) is 4. The Bertz CT molecular complexity index is 642. The molecule has 1 aliphatic heterocycles. The zero-order chi connectivity index (χ0) is 17.0. The smallest absolute Gasteiger partial charge is 0.414 e. The molecule has 1 aliphatic rings. The summed E-state index contributed by atoms with van der Waals surface area (Å²) in [4.78, 5) is 14.2. The number of rotatable bonds is 2.